The van der Waals surface area contributed by atoms with Gasteiger partial charge in [-0.1, -0.05) is 18.2 Å². The number of aliphatic imine (C=N–C) groups is 1. The van der Waals surface area contributed by atoms with E-state index in [0.29, 0.717) is 42.8 Å². The van der Waals surface area contributed by atoms with Gasteiger partial charge >= 0.3 is 0 Å². The first-order valence-electron chi connectivity index (χ1n) is 9.16. The van der Waals surface area contributed by atoms with Gasteiger partial charge in [0.2, 0.25) is 5.89 Å². The first-order chi connectivity index (χ1) is 13.7. The highest BCUT2D eigenvalue weighted by Gasteiger charge is 2.09. The molecule has 3 rings (SSSR count). The quantitative estimate of drug-likeness (QED) is 0.452. The number of nitrogens with zero attached hydrogens (tertiary/aromatic N) is 2. The lowest BCUT2D eigenvalue weighted by Gasteiger charge is -2.13. The Labute approximate surface area is 164 Å². The maximum absolute atomic E-state index is 6.04. The average Bonchev–Trinajstić information content (AvgIpc) is 3.19. The van der Waals surface area contributed by atoms with Crippen molar-refractivity contribution in [2.75, 3.05) is 18.5 Å². The smallest absolute Gasteiger partial charge is 0.226 e. The summed E-state index contributed by atoms with van der Waals surface area (Å²) in [6.07, 6.45) is 1.58. The van der Waals surface area contributed by atoms with Crippen molar-refractivity contribution >= 4 is 11.6 Å². The summed E-state index contributed by atoms with van der Waals surface area (Å²) in [5.41, 5.74) is 8.34. The summed E-state index contributed by atoms with van der Waals surface area (Å²) in [5, 5.41) is 3.07. The zero-order chi connectivity index (χ0) is 19.8. The van der Waals surface area contributed by atoms with Crippen LogP contribution in [0.4, 0.5) is 5.69 Å². The van der Waals surface area contributed by atoms with E-state index in [0.717, 1.165) is 11.3 Å². The number of rotatable bonds is 8. The average molecular weight is 380 g/mol. The number of anilines is 1. The molecule has 2 aromatic carbocycles. The molecule has 3 aromatic rings. The van der Waals surface area contributed by atoms with Crippen LogP contribution in [0.15, 0.2) is 64.2 Å². The second-order valence-corrected chi connectivity index (χ2v) is 5.86. The summed E-state index contributed by atoms with van der Waals surface area (Å²) in [6, 6.07) is 15.2. The minimum absolute atomic E-state index is 0.249. The van der Waals surface area contributed by atoms with Gasteiger partial charge < -0.3 is 24.9 Å². The molecule has 3 N–H and O–H groups in total. The summed E-state index contributed by atoms with van der Waals surface area (Å²) >= 11 is 0. The zero-order valence-corrected chi connectivity index (χ0v) is 16.0. The van der Waals surface area contributed by atoms with E-state index in [-0.39, 0.29) is 5.96 Å². The molecule has 0 aliphatic rings. The van der Waals surface area contributed by atoms with Gasteiger partial charge in [-0.3, -0.25) is 0 Å². The van der Waals surface area contributed by atoms with Crippen molar-refractivity contribution in [1.29, 1.82) is 0 Å². The highest BCUT2D eigenvalue weighted by molar-refractivity contribution is 5.94. The van der Waals surface area contributed by atoms with Crippen molar-refractivity contribution in [3.05, 3.63) is 60.5 Å². The molecule has 0 atom stereocenters. The number of benzene rings is 2. The molecule has 1 heterocycles. The number of nitrogens with two attached hydrogens (primary N) is 1. The number of guanidine groups is 1. The Hall–Kier alpha value is -3.48. The molecule has 0 saturated heterocycles. The summed E-state index contributed by atoms with van der Waals surface area (Å²) in [4.78, 5) is 8.78. The predicted octanol–water partition coefficient (Wildman–Crippen LogP) is 4.07. The number of aromatic nitrogens is 1. The van der Waals surface area contributed by atoms with Crippen molar-refractivity contribution in [2.45, 2.75) is 20.4 Å². The van der Waals surface area contributed by atoms with Gasteiger partial charge in [-0.15, -0.1) is 0 Å². The molecular formula is C21H24N4O3. The molecule has 0 saturated carbocycles. The van der Waals surface area contributed by atoms with Crippen molar-refractivity contribution in [1.82, 2.24) is 4.98 Å². The van der Waals surface area contributed by atoms with Crippen LogP contribution < -0.4 is 20.5 Å². The van der Waals surface area contributed by atoms with Gasteiger partial charge in [-0.25, -0.2) is 9.98 Å². The minimum Gasteiger partial charge on any atom is -0.494 e. The highest BCUT2D eigenvalue weighted by Crippen LogP contribution is 2.29. The fourth-order valence-corrected chi connectivity index (χ4v) is 2.58. The van der Waals surface area contributed by atoms with E-state index in [1.807, 2.05) is 62.4 Å². The molecule has 0 fully saturated rings. The number of nitrogens with one attached hydrogen (secondary N) is 1. The van der Waals surface area contributed by atoms with Crippen molar-refractivity contribution < 1.29 is 13.9 Å². The van der Waals surface area contributed by atoms with E-state index in [4.69, 9.17) is 19.6 Å². The molecule has 146 valence electrons. The second-order valence-electron chi connectivity index (χ2n) is 5.86. The summed E-state index contributed by atoms with van der Waals surface area (Å²) < 4.78 is 16.7. The first-order valence-corrected chi connectivity index (χ1v) is 9.16. The largest absolute Gasteiger partial charge is 0.494 e. The second kappa shape index (κ2) is 9.45. The van der Waals surface area contributed by atoms with Crippen LogP contribution in [0.3, 0.4) is 0 Å². The molecule has 0 radical (unpaired) electrons. The van der Waals surface area contributed by atoms with Gasteiger partial charge in [0.15, 0.2) is 5.96 Å². The first kappa shape index (κ1) is 19.3. The molecule has 0 spiro atoms. The molecule has 28 heavy (non-hydrogen) atoms. The zero-order valence-electron chi connectivity index (χ0n) is 16.0. The summed E-state index contributed by atoms with van der Waals surface area (Å²) in [5.74, 6) is 2.21. The van der Waals surface area contributed by atoms with E-state index in [9.17, 15) is 0 Å². The lowest BCUT2D eigenvalue weighted by Crippen LogP contribution is -2.23. The molecule has 7 nitrogen and oxygen atoms in total. The Morgan fingerprint density at radius 3 is 2.64 bits per heavy atom. The van der Waals surface area contributed by atoms with Crippen LogP contribution in [0.5, 0.6) is 11.5 Å². The van der Waals surface area contributed by atoms with Crippen LogP contribution in [-0.4, -0.2) is 24.2 Å². The monoisotopic (exact) mass is 380 g/mol. The van der Waals surface area contributed by atoms with Crippen LogP contribution in [0, 0.1) is 0 Å². The van der Waals surface area contributed by atoms with Crippen molar-refractivity contribution in [2.24, 2.45) is 10.7 Å². The van der Waals surface area contributed by atoms with E-state index in [1.54, 1.807) is 6.26 Å². The Morgan fingerprint density at radius 1 is 1.11 bits per heavy atom. The third-order valence-corrected chi connectivity index (χ3v) is 3.81. The van der Waals surface area contributed by atoms with Crippen molar-refractivity contribution in [3.8, 4) is 23.0 Å². The maximum atomic E-state index is 6.04. The van der Waals surface area contributed by atoms with E-state index in [1.165, 1.54) is 0 Å². The summed E-state index contributed by atoms with van der Waals surface area (Å²) in [6.45, 7) is 5.27. The topological polar surface area (TPSA) is 94.9 Å². The Morgan fingerprint density at radius 2 is 1.89 bits per heavy atom. The van der Waals surface area contributed by atoms with Gasteiger partial charge in [0.05, 0.1) is 25.4 Å². The Kier molecular flexibility index (Phi) is 6.51. The van der Waals surface area contributed by atoms with Gasteiger partial charge in [-0.2, -0.15) is 0 Å². The fourth-order valence-electron chi connectivity index (χ4n) is 2.58. The van der Waals surface area contributed by atoms with Gasteiger partial charge in [0.25, 0.3) is 0 Å². The Bertz CT molecular complexity index is 922. The van der Waals surface area contributed by atoms with Crippen LogP contribution in [0.25, 0.3) is 11.5 Å². The van der Waals surface area contributed by atoms with Gasteiger partial charge in [-0.05, 0) is 38.1 Å². The third-order valence-electron chi connectivity index (χ3n) is 3.81. The van der Waals surface area contributed by atoms with Gasteiger partial charge in [0.1, 0.15) is 23.5 Å². The third kappa shape index (κ3) is 5.03. The van der Waals surface area contributed by atoms with E-state index in [2.05, 4.69) is 15.3 Å². The number of hydrogen-bond donors (Lipinski definition) is 2. The maximum Gasteiger partial charge on any atom is 0.226 e. The standard InChI is InChI=1S/C21H24N4O3/c1-3-26-17-10-11-19(27-4-2)18(12-17)25-21(22)23-13-16-14-28-20(24-16)15-8-6-5-7-9-15/h5-12,14H,3-4,13H2,1-2H3,(H3,22,23,25). The minimum atomic E-state index is 0.249. The van der Waals surface area contributed by atoms with Crippen molar-refractivity contribution in [3.63, 3.8) is 0 Å². The van der Waals surface area contributed by atoms with Crippen LogP contribution >= 0.6 is 0 Å². The van der Waals surface area contributed by atoms with Crippen LogP contribution in [0.1, 0.15) is 19.5 Å². The van der Waals surface area contributed by atoms with Crippen LogP contribution in [0.2, 0.25) is 0 Å². The molecule has 0 aliphatic heterocycles. The normalized spacial score (nSPS) is 11.3. The predicted molar refractivity (Wildman–Crippen MR) is 110 cm³/mol. The lowest BCUT2D eigenvalue weighted by atomic mass is 10.2. The molecule has 0 aliphatic carbocycles. The fraction of sp³-hybridized carbons (Fsp3) is 0.238. The number of oxazole rings is 1. The molecule has 0 amide bonds. The van der Waals surface area contributed by atoms with E-state index >= 15 is 0 Å². The highest BCUT2D eigenvalue weighted by atomic mass is 16.5. The van der Waals surface area contributed by atoms with Crippen LogP contribution in [-0.2, 0) is 6.54 Å². The molecular weight excluding hydrogens is 356 g/mol. The number of ether oxygens (including phenoxy) is 2. The summed E-state index contributed by atoms with van der Waals surface area (Å²) in [7, 11) is 0. The van der Waals surface area contributed by atoms with E-state index < -0.39 is 0 Å². The Balaban J connectivity index is 1.69. The molecule has 0 unspecified atom stereocenters. The molecule has 7 heteroatoms. The molecule has 0 bridgehead atoms. The lowest BCUT2D eigenvalue weighted by molar-refractivity contribution is 0.332. The molecule has 1 aromatic heterocycles. The van der Waals surface area contributed by atoms with Gasteiger partial charge in [0, 0.05) is 11.6 Å². The SMILES string of the molecule is CCOc1ccc(OCC)c(NC(N)=NCc2coc(-c3ccccc3)n2)c1. The number of hydrogen-bond acceptors (Lipinski definition) is 5.